The molecule has 0 fully saturated rings. The van der Waals surface area contributed by atoms with Crippen molar-refractivity contribution < 1.29 is 19.5 Å². The van der Waals surface area contributed by atoms with Crippen molar-refractivity contribution >= 4 is 17.9 Å². The van der Waals surface area contributed by atoms with Crippen LogP contribution >= 0.6 is 0 Å². The standard InChI is InChI=1S/C11H21N3O4/c1-5-13(4)11(18)14(8(2)10(16)17)7-6-12-9(3)15/h8H,5-7H2,1-4H3,(H,12,15)(H,16,17). The zero-order chi connectivity index (χ0) is 14.3. The normalized spacial score (nSPS) is 11.6. The SMILES string of the molecule is CCN(C)C(=O)N(CCNC(C)=O)C(C)C(=O)O. The second kappa shape index (κ2) is 7.52. The molecule has 2 N–H and O–H groups in total. The molecule has 0 saturated heterocycles. The van der Waals surface area contributed by atoms with Gasteiger partial charge in [0.15, 0.2) is 0 Å². The molecule has 0 aliphatic heterocycles. The first-order valence-electron chi connectivity index (χ1n) is 5.80. The van der Waals surface area contributed by atoms with Crippen LogP contribution in [0.3, 0.4) is 0 Å². The minimum atomic E-state index is -1.07. The van der Waals surface area contributed by atoms with Crippen LogP contribution in [0, 0.1) is 0 Å². The average Bonchev–Trinajstić information content (AvgIpc) is 2.31. The van der Waals surface area contributed by atoms with E-state index in [1.807, 2.05) is 0 Å². The Hall–Kier alpha value is -1.79. The van der Waals surface area contributed by atoms with Gasteiger partial charge in [-0.1, -0.05) is 0 Å². The van der Waals surface area contributed by atoms with E-state index in [1.54, 1.807) is 14.0 Å². The van der Waals surface area contributed by atoms with Gasteiger partial charge >= 0.3 is 12.0 Å². The van der Waals surface area contributed by atoms with Crippen molar-refractivity contribution in [3.8, 4) is 0 Å². The third-order valence-electron chi connectivity index (χ3n) is 2.60. The number of carbonyl (C=O) groups is 3. The molecule has 0 aromatic carbocycles. The number of nitrogens with one attached hydrogen (secondary N) is 1. The molecule has 0 aliphatic carbocycles. The molecular formula is C11H21N3O4. The van der Waals surface area contributed by atoms with Gasteiger partial charge in [0.05, 0.1) is 0 Å². The van der Waals surface area contributed by atoms with E-state index in [0.29, 0.717) is 6.54 Å². The number of aliphatic carboxylic acids is 1. The van der Waals surface area contributed by atoms with Gasteiger partial charge in [-0.05, 0) is 13.8 Å². The Morgan fingerprint density at radius 2 is 1.89 bits per heavy atom. The third kappa shape index (κ3) is 5.03. The summed E-state index contributed by atoms with van der Waals surface area (Å²) in [7, 11) is 1.60. The molecule has 7 nitrogen and oxygen atoms in total. The fourth-order valence-electron chi connectivity index (χ4n) is 1.30. The lowest BCUT2D eigenvalue weighted by Gasteiger charge is -2.30. The third-order valence-corrected chi connectivity index (χ3v) is 2.60. The second-order valence-electron chi connectivity index (χ2n) is 3.99. The highest BCUT2D eigenvalue weighted by atomic mass is 16.4. The smallest absolute Gasteiger partial charge is 0.326 e. The van der Waals surface area contributed by atoms with E-state index in [1.165, 1.54) is 23.6 Å². The lowest BCUT2D eigenvalue weighted by molar-refractivity contribution is -0.141. The molecule has 0 rings (SSSR count). The van der Waals surface area contributed by atoms with Crippen LogP contribution in [0.4, 0.5) is 4.79 Å². The van der Waals surface area contributed by atoms with Crippen molar-refractivity contribution in [3.05, 3.63) is 0 Å². The topological polar surface area (TPSA) is 90.0 Å². The number of carbonyl (C=O) groups excluding carboxylic acids is 2. The number of amides is 3. The molecule has 0 bridgehead atoms. The molecule has 0 aromatic heterocycles. The number of urea groups is 1. The van der Waals surface area contributed by atoms with Gasteiger partial charge in [0.1, 0.15) is 6.04 Å². The summed E-state index contributed by atoms with van der Waals surface area (Å²) in [6, 6.07) is -1.29. The van der Waals surface area contributed by atoms with E-state index in [0.717, 1.165) is 0 Å². The zero-order valence-corrected chi connectivity index (χ0v) is 11.3. The second-order valence-corrected chi connectivity index (χ2v) is 3.99. The minimum absolute atomic E-state index is 0.163. The highest BCUT2D eigenvalue weighted by Gasteiger charge is 2.26. The minimum Gasteiger partial charge on any atom is -0.480 e. The molecule has 3 amide bonds. The summed E-state index contributed by atoms with van der Waals surface area (Å²) in [5.41, 5.74) is 0. The maximum atomic E-state index is 12.0. The van der Waals surface area contributed by atoms with Crippen LogP contribution in [0.2, 0.25) is 0 Å². The molecule has 18 heavy (non-hydrogen) atoms. The fourth-order valence-corrected chi connectivity index (χ4v) is 1.30. The Bertz CT molecular complexity index is 319. The molecule has 1 atom stereocenters. The quantitative estimate of drug-likeness (QED) is 0.701. The maximum absolute atomic E-state index is 12.0. The van der Waals surface area contributed by atoms with E-state index in [4.69, 9.17) is 5.11 Å². The van der Waals surface area contributed by atoms with Crippen molar-refractivity contribution in [2.75, 3.05) is 26.7 Å². The Morgan fingerprint density at radius 1 is 1.33 bits per heavy atom. The van der Waals surface area contributed by atoms with Crippen molar-refractivity contribution in [1.82, 2.24) is 15.1 Å². The monoisotopic (exact) mass is 259 g/mol. The van der Waals surface area contributed by atoms with Crippen molar-refractivity contribution in [3.63, 3.8) is 0 Å². The molecule has 0 heterocycles. The number of carboxylic acid groups (broad SMARTS) is 1. The van der Waals surface area contributed by atoms with E-state index in [9.17, 15) is 14.4 Å². The Labute approximate surface area is 107 Å². The maximum Gasteiger partial charge on any atom is 0.326 e. The summed E-state index contributed by atoms with van der Waals surface area (Å²) in [6.07, 6.45) is 0. The van der Waals surface area contributed by atoms with Gasteiger partial charge < -0.3 is 20.2 Å². The molecule has 104 valence electrons. The summed E-state index contributed by atoms with van der Waals surface area (Å²) in [4.78, 5) is 36.3. The number of rotatable bonds is 6. The molecule has 0 spiro atoms. The Morgan fingerprint density at radius 3 is 2.28 bits per heavy atom. The van der Waals surface area contributed by atoms with Crippen molar-refractivity contribution in [1.29, 1.82) is 0 Å². The number of hydrogen-bond acceptors (Lipinski definition) is 3. The van der Waals surface area contributed by atoms with Crippen LogP contribution in [0.5, 0.6) is 0 Å². The first-order chi connectivity index (χ1) is 8.31. The van der Waals surface area contributed by atoms with Gasteiger partial charge in [-0.2, -0.15) is 0 Å². The number of carboxylic acids is 1. The van der Waals surface area contributed by atoms with Crippen LogP contribution in [-0.2, 0) is 9.59 Å². The Balaban J connectivity index is 4.66. The molecule has 7 heteroatoms. The van der Waals surface area contributed by atoms with Crippen LogP contribution < -0.4 is 5.32 Å². The predicted octanol–water partition coefficient (Wildman–Crippen LogP) is -0.0307. The molecule has 0 saturated carbocycles. The lowest BCUT2D eigenvalue weighted by Crippen LogP contribution is -2.51. The van der Waals surface area contributed by atoms with Gasteiger partial charge in [0, 0.05) is 33.6 Å². The van der Waals surface area contributed by atoms with Gasteiger partial charge in [0.25, 0.3) is 0 Å². The molecular weight excluding hydrogens is 238 g/mol. The van der Waals surface area contributed by atoms with Crippen LogP contribution in [0.15, 0.2) is 0 Å². The number of nitrogens with zero attached hydrogens (tertiary/aromatic N) is 2. The molecule has 0 aromatic rings. The first kappa shape index (κ1) is 16.2. The number of hydrogen-bond donors (Lipinski definition) is 2. The van der Waals surface area contributed by atoms with E-state index in [2.05, 4.69) is 5.32 Å². The average molecular weight is 259 g/mol. The highest BCUT2D eigenvalue weighted by molar-refractivity contribution is 5.82. The van der Waals surface area contributed by atoms with Crippen LogP contribution in [-0.4, -0.2) is 65.5 Å². The summed E-state index contributed by atoms with van der Waals surface area (Å²) in [5, 5.41) is 11.5. The van der Waals surface area contributed by atoms with Gasteiger partial charge in [-0.25, -0.2) is 9.59 Å². The molecule has 0 aliphatic rings. The van der Waals surface area contributed by atoms with Gasteiger partial charge in [0.2, 0.25) is 5.91 Å². The van der Waals surface area contributed by atoms with Gasteiger partial charge in [-0.15, -0.1) is 0 Å². The van der Waals surface area contributed by atoms with E-state index >= 15 is 0 Å². The van der Waals surface area contributed by atoms with Crippen LogP contribution in [0.1, 0.15) is 20.8 Å². The first-order valence-corrected chi connectivity index (χ1v) is 5.80. The van der Waals surface area contributed by atoms with E-state index in [-0.39, 0.29) is 25.0 Å². The molecule has 0 radical (unpaired) electrons. The summed E-state index contributed by atoms with van der Waals surface area (Å²) < 4.78 is 0. The summed E-state index contributed by atoms with van der Waals surface area (Å²) in [6.45, 7) is 5.49. The molecule has 1 unspecified atom stereocenters. The van der Waals surface area contributed by atoms with Crippen LogP contribution in [0.25, 0.3) is 0 Å². The fraction of sp³-hybridized carbons (Fsp3) is 0.727. The highest BCUT2D eigenvalue weighted by Crippen LogP contribution is 2.03. The largest absolute Gasteiger partial charge is 0.480 e. The van der Waals surface area contributed by atoms with Gasteiger partial charge in [-0.3, -0.25) is 4.79 Å². The van der Waals surface area contributed by atoms with Crippen molar-refractivity contribution in [2.24, 2.45) is 0 Å². The lowest BCUT2D eigenvalue weighted by atomic mass is 10.3. The summed E-state index contributed by atoms with van der Waals surface area (Å²) in [5.74, 6) is -1.29. The summed E-state index contributed by atoms with van der Waals surface area (Å²) >= 11 is 0. The van der Waals surface area contributed by atoms with E-state index < -0.39 is 12.0 Å². The Kier molecular flexibility index (Phi) is 6.77. The predicted molar refractivity (Wildman–Crippen MR) is 66.2 cm³/mol. The van der Waals surface area contributed by atoms with Crippen molar-refractivity contribution in [2.45, 2.75) is 26.8 Å². The zero-order valence-electron chi connectivity index (χ0n) is 11.3.